The van der Waals surface area contributed by atoms with E-state index in [0.29, 0.717) is 6.42 Å². The van der Waals surface area contributed by atoms with E-state index in [0.717, 1.165) is 16.7 Å². The highest BCUT2D eigenvalue weighted by atomic mass is 35.5. The molecular formula is C17H17ClF3NO3. The molecule has 2 rings (SSSR count). The number of rotatable bonds is 5. The number of ether oxygens (including phenoxy) is 2. The summed E-state index contributed by atoms with van der Waals surface area (Å²) in [6, 6.07) is 12.1. The molecule has 0 spiro atoms. The summed E-state index contributed by atoms with van der Waals surface area (Å²) >= 11 is 0. The molecule has 136 valence electrons. The normalized spacial score (nSPS) is 12.0. The number of halogens is 4. The van der Waals surface area contributed by atoms with Crippen LogP contribution in [0, 0.1) is 0 Å². The first-order valence-electron chi connectivity index (χ1n) is 7.07. The maximum atomic E-state index is 12.1. The summed E-state index contributed by atoms with van der Waals surface area (Å²) in [5.74, 6) is -0.758. The minimum absolute atomic E-state index is 0. The number of methoxy groups -OCH3 is 1. The van der Waals surface area contributed by atoms with Gasteiger partial charge in [-0.3, -0.25) is 4.79 Å². The van der Waals surface area contributed by atoms with Crippen LogP contribution < -0.4 is 10.5 Å². The van der Waals surface area contributed by atoms with Crippen LogP contribution in [0.15, 0.2) is 48.5 Å². The average molecular weight is 376 g/mol. The van der Waals surface area contributed by atoms with Crippen molar-refractivity contribution in [1.82, 2.24) is 0 Å². The SMILES string of the molecule is COC(=O)[C@@H](N)Cc1ccc(-c2ccc(OC(F)(F)F)cc2)cc1.Cl. The molecule has 0 aliphatic rings. The quantitative estimate of drug-likeness (QED) is 0.809. The van der Waals surface area contributed by atoms with Gasteiger partial charge >= 0.3 is 12.3 Å². The van der Waals surface area contributed by atoms with E-state index in [4.69, 9.17) is 5.73 Å². The van der Waals surface area contributed by atoms with Gasteiger partial charge in [-0.25, -0.2) is 0 Å². The van der Waals surface area contributed by atoms with Crippen molar-refractivity contribution in [3.63, 3.8) is 0 Å². The molecule has 0 radical (unpaired) electrons. The molecule has 2 aromatic rings. The highest BCUT2D eigenvalue weighted by Gasteiger charge is 2.30. The molecule has 0 saturated heterocycles. The number of alkyl halides is 3. The van der Waals surface area contributed by atoms with Gasteiger partial charge in [0.05, 0.1) is 7.11 Å². The Labute approximate surface area is 149 Å². The molecular weight excluding hydrogens is 359 g/mol. The summed E-state index contributed by atoms with van der Waals surface area (Å²) in [5.41, 5.74) is 8.12. The summed E-state index contributed by atoms with van der Waals surface area (Å²) in [6.07, 6.45) is -4.37. The maximum absolute atomic E-state index is 12.1. The van der Waals surface area contributed by atoms with Crippen molar-refractivity contribution in [2.75, 3.05) is 7.11 Å². The molecule has 0 unspecified atom stereocenters. The van der Waals surface area contributed by atoms with Crippen molar-refractivity contribution in [1.29, 1.82) is 0 Å². The van der Waals surface area contributed by atoms with Gasteiger partial charge in [-0.15, -0.1) is 25.6 Å². The van der Waals surface area contributed by atoms with E-state index in [1.54, 1.807) is 24.3 Å². The molecule has 0 bridgehead atoms. The Balaban J connectivity index is 0.00000312. The molecule has 0 saturated carbocycles. The Hall–Kier alpha value is -2.25. The molecule has 0 fully saturated rings. The van der Waals surface area contributed by atoms with Crippen molar-refractivity contribution in [2.24, 2.45) is 5.73 Å². The molecule has 4 nitrogen and oxygen atoms in total. The lowest BCUT2D eigenvalue weighted by molar-refractivity contribution is -0.274. The second-order valence-electron chi connectivity index (χ2n) is 5.10. The molecule has 2 N–H and O–H groups in total. The third kappa shape index (κ3) is 6.28. The van der Waals surface area contributed by atoms with Gasteiger partial charge in [0.15, 0.2) is 0 Å². The lowest BCUT2D eigenvalue weighted by Gasteiger charge is -2.11. The molecule has 2 aromatic carbocycles. The predicted molar refractivity (Wildman–Crippen MR) is 89.5 cm³/mol. The van der Waals surface area contributed by atoms with Crippen molar-refractivity contribution < 1.29 is 27.4 Å². The van der Waals surface area contributed by atoms with E-state index in [2.05, 4.69) is 9.47 Å². The summed E-state index contributed by atoms with van der Waals surface area (Å²) in [4.78, 5) is 11.3. The third-order valence-corrected chi connectivity index (χ3v) is 3.33. The number of esters is 1. The first-order chi connectivity index (χ1) is 11.3. The van der Waals surface area contributed by atoms with Gasteiger partial charge in [-0.05, 0) is 35.2 Å². The van der Waals surface area contributed by atoms with Crippen molar-refractivity contribution in [3.8, 4) is 16.9 Å². The minimum atomic E-state index is -4.71. The fourth-order valence-corrected chi connectivity index (χ4v) is 2.17. The monoisotopic (exact) mass is 375 g/mol. The van der Waals surface area contributed by atoms with Crippen LogP contribution in [0.1, 0.15) is 5.56 Å². The van der Waals surface area contributed by atoms with Gasteiger partial charge < -0.3 is 15.2 Å². The fourth-order valence-electron chi connectivity index (χ4n) is 2.17. The van der Waals surface area contributed by atoms with Gasteiger partial charge in [0.2, 0.25) is 0 Å². The van der Waals surface area contributed by atoms with Gasteiger partial charge in [0.25, 0.3) is 0 Å². The van der Waals surface area contributed by atoms with Crippen LogP contribution in [-0.2, 0) is 16.0 Å². The van der Waals surface area contributed by atoms with Crippen molar-refractivity contribution in [2.45, 2.75) is 18.8 Å². The van der Waals surface area contributed by atoms with Crippen LogP contribution in [0.2, 0.25) is 0 Å². The average Bonchev–Trinajstić information content (AvgIpc) is 2.54. The zero-order valence-electron chi connectivity index (χ0n) is 13.2. The predicted octanol–water partition coefficient (Wildman–Crippen LogP) is 3.72. The van der Waals surface area contributed by atoms with E-state index in [1.165, 1.54) is 31.4 Å². The Morgan fingerprint density at radius 1 is 1.04 bits per heavy atom. The fraction of sp³-hybridized carbons (Fsp3) is 0.235. The van der Waals surface area contributed by atoms with Crippen molar-refractivity contribution in [3.05, 3.63) is 54.1 Å². The number of hydrogen-bond donors (Lipinski definition) is 1. The Kier molecular flexibility index (Phi) is 7.26. The smallest absolute Gasteiger partial charge is 0.468 e. The first-order valence-corrected chi connectivity index (χ1v) is 7.07. The van der Waals surface area contributed by atoms with Gasteiger partial charge in [0, 0.05) is 0 Å². The van der Waals surface area contributed by atoms with E-state index in [9.17, 15) is 18.0 Å². The van der Waals surface area contributed by atoms with Gasteiger partial charge in [0.1, 0.15) is 11.8 Å². The molecule has 1 atom stereocenters. The summed E-state index contributed by atoms with van der Waals surface area (Å²) < 4.78 is 44.8. The Morgan fingerprint density at radius 3 is 1.96 bits per heavy atom. The lowest BCUT2D eigenvalue weighted by atomic mass is 10.0. The molecule has 0 heterocycles. The van der Waals surface area contributed by atoms with Crippen LogP contribution in [-0.4, -0.2) is 25.5 Å². The standard InChI is InChI=1S/C17H16F3NO3.ClH/c1-23-16(22)15(21)10-11-2-4-12(5-3-11)13-6-8-14(9-7-13)24-17(18,19)20;/h2-9,15H,10,21H2,1H3;1H/t15-;/m0./s1. The largest absolute Gasteiger partial charge is 0.573 e. The van der Waals surface area contributed by atoms with Crippen molar-refractivity contribution >= 4 is 18.4 Å². The number of hydrogen-bond acceptors (Lipinski definition) is 4. The Bertz CT molecular complexity index is 688. The lowest BCUT2D eigenvalue weighted by Crippen LogP contribution is -2.33. The highest BCUT2D eigenvalue weighted by molar-refractivity contribution is 5.85. The molecule has 25 heavy (non-hydrogen) atoms. The van der Waals surface area contributed by atoms with E-state index in [-0.39, 0.29) is 18.2 Å². The molecule has 0 amide bonds. The maximum Gasteiger partial charge on any atom is 0.573 e. The van der Waals surface area contributed by atoms with Crippen LogP contribution in [0.5, 0.6) is 5.75 Å². The highest BCUT2D eigenvalue weighted by Crippen LogP contribution is 2.26. The van der Waals surface area contributed by atoms with E-state index in [1.807, 2.05) is 0 Å². The number of nitrogens with two attached hydrogens (primary N) is 1. The molecule has 0 aliphatic carbocycles. The second kappa shape index (κ2) is 8.73. The summed E-state index contributed by atoms with van der Waals surface area (Å²) in [6.45, 7) is 0. The number of carbonyl (C=O) groups excluding carboxylic acids is 1. The summed E-state index contributed by atoms with van der Waals surface area (Å²) in [5, 5.41) is 0. The molecule has 0 aliphatic heterocycles. The van der Waals surface area contributed by atoms with Gasteiger partial charge in [-0.2, -0.15) is 0 Å². The number of carbonyl (C=O) groups is 1. The number of benzene rings is 2. The van der Waals surface area contributed by atoms with Crippen LogP contribution >= 0.6 is 12.4 Å². The second-order valence-corrected chi connectivity index (χ2v) is 5.10. The zero-order valence-corrected chi connectivity index (χ0v) is 14.1. The molecule has 0 aromatic heterocycles. The van der Waals surface area contributed by atoms with Crippen LogP contribution in [0.4, 0.5) is 13.2 Å². The van der Waals surface area contributed by atoms with Crippen LogP contribution in [0.25, 0.3) is 11.1 Å². The Morgan fingerprint density at radius 2 is 1.52 bits per heavy atom. The van der Waals surface area contributed by atoms with Gasteiger partial charge in [-0.1, -0.05) is 36.4 Å². The van der Waals surface area contributed by atoms with E-state index >= 15 is 0 Å². The topological polar surface area (TPSA) is 61.5 Å². The minimum Gasteiger partial charge on any atom is -0.468 e. The zero-order chi connectivity index (χ0) is 17.7. The first kappa shape index (κ1) is 20.8. The van der Waals surface area contributed by atoms with Crippen LogP contribution in [0.3, 0.4) is 0 Å². The molecule has 8 heteroatoms. The van der Waals surface area contributed by atoms with E-state index < -0.39 is 18.4 Å². The summed E-state index contributed by atoms with van der Waals surface area (Å²) in [7, 11) is 1.28. The third-order valence-electron chi connectivity index (χ3n) is 3.33.